The molecule has 2 atom stereocenters. The van der Waals surface area contributed by atoms with Gasteiger partial charge in [0.2, 0.25) is 5.95 Å². The van der Waals surface area contributed by atoms with Gasteiger partial charge in [0, 0.05) is 16.7 Å². The molecule has 182 valence electrons. The van der Waals surface area contributed by atoms with Crippen LogP contribution in [-0.4, -0.2) is 36.1 Å². The van der Waals surface area contributed by atoms with E-state index in [4.69, 9.17) is 18.9 Å². The van der Waals surface area contributed by atoms with Crippen molar-refractivity contribution in [1.29, 1.82) is 0 Å². The van der Waals surface area contributed by atoms with Crippen molar-refractivity contribution < 1.29 is 18.9 Å². The fraction of sp³-hybridized carbons (Fsp3) is 0.214. The van der Waals surface area contributed by atoms with Crippen molar-refractivity contribution in [2.45, 2.75) is 19.1 Å². The van der Waals surface area contributed by atoms with Crippen molar-refractivity contribution in [3.8, 4) is 23.0 Å². The van der Waals surface area contributed by atoms with Crippen molar-refractivity contribution in [3.63, 3.8) is 0 Å². The van der Waals surface area contributed by atoms with Crippen LogP contribution in [-0.2, 0) is 0 Å². The lowest BCUT2D eigenvalue weighted by Gasteiger charge is -2.39. The molecule has 4 aromatic rings. The van der Waals surface area contributed by atoms with Gasteiger partial charge in [-0.3, -0.25) is 0 Å². The molecule has 0 fully saturated rings. The van der Waals surface area contributed by atoms with Gasteiger partial charge in [0.1, 0.15) is 23.9 Å². The Bertz CT molecular complexity index is 1490. The second-order valence-corrected chi connectivity index (χ2v) is 8.74. The smallest absolute Gasteiger partial charge is 0.226 e. The molecule has 0 amide bonds. The van der Waals surface area contributed by atoms with E-state index in [1.165, 1.54) is 0 Å². The van der Waals surface area contributed by atoms with Gasteiger partial charge in [-0.05, 0) is 42.8 Å². The van der Waals surface area contributed by atoms with Gasteiger partial charge in [-0.2, -0.15) is 10.1 Å². The lowest BCUT2D eigenvalue weighted by molar-refractivity contribution is 0.217. The summed E-state index contributed by atoms with van der Waals surface area (Å²) in [6.45, 7) is 2.07. The van der Waals surface area contributed by atoms with E-state index in [1.807, 2.05) is 53.2 Å². The minimum atomic E-state index is -0.436. The molecule has 0 saturated carbocycles. The highest BCUT2D eigenvalue weighted by Gasteiger charge is 2.42. The van der Waals surface area contributed by atoms with E-state index in [0.29, 0.717) is 17.4 Å². The van der Waals surface area contributed by atoms with E-state index in [9.17, 15) is 0 Å². The summed E-state index contributed by atoms with van der Waals surface area (Å²) in [5.74, 6) is 3.49. The molecule has 2 aliphatic rings. The van der Waals surface area contributed by atoms with Crippen molar-refractivity contribution in [2.24, 2.45) is 0 Å². The molecule has 0 unspecified atom stereocenters. The van der Waals surface area contributed by atoms with Gasteiger partial charge in [0.05, 0.1) is 27.0 Å². The zero-order chi connectivity index (χ0) is 24.8. The predicted octanol–water partition coefficient (Wildman–Crippen LogP) is 5.17. The number of ether oxygens (including phenoxy) is 4. The number of hydrogen-bond acceptors (Lipinski definition) is 7. The number of rotatable bonds is 5. The van der Waals surface area contributed by atoms with Crippen molar-refractivity contribution in [1.82, 2.24) is 14.8 Å². The van der Waals surface area contributed by atoms with Crippen LogP contribution in [0.5, 0.6) is 23.0 Å². The Balaban J connectivity index is 1.64. The van der Waals surface area contributed by atoms with Gasteiger partial charge in [0.15, 0.2) is 17.6 Å². The molecule has 0 aliphatic carbocycles. The lowest BCUT2D eigenvalue weighted by Crippen LogP contribution is -2.32. The van der Waals surface area contributed by atoms with Crippen LogP contribution in [0.4, 0.5) is 5.95 Å². The van der Waals surface area contributed by atoms with Crippen LogP contribution < -0.4 is 24.3 Å². The van der Waals surface area contributed by atoms with Crippen LogP contribution in [0, 0.1) is 6.92 Å². The normalized spacial score (nSPS) is 17.8. The maximum absolute atomic E-state index is 6.73. The molecule has 0 saturated heterocycles. The summed E-state index contributed by atoms with van der Waals surface area (Å²) in [6.07, 6.45) is 1.12. The molecule has 3 heterocycles. The van der Waals surface area contributed by atoms with Gasteiger partial charge < -0.3 is 24.3 Å². The van der Waals surface area contributed by atoms with E-state index >= 15 is 0 Å². The minimum Gasteiger partial charge on any atom is -0.496 e. The van der Waals surface area contributed by atoms with E-state index in [0.717, 1.165) is 45.0 Å². The number of para-hydroxylation sites is 1. The average Bonchev–Trinajstić information content (AvgIpc) is 3.39. The Morgan fingerprint density at radius 3 is 2.50 bits per heavy atom. The zero-order valence-electron chi connectivity index (χ0n) is 20.5. The third-order valence-corrected chi connectivity index (χ3v) is 6.71. The SMILES string of the molecule is COc1ccc([C@@H]2C3=C(Nc4ncnn42)c2cc(C)ccc2O[C@@H]3c2ccccc2OC)cc1OC. The van der Waals surface area contributed by atoms with Gasteiger partial charge in [-0.1, -0.05) is 35.9 Å². The topological polar surface area (TPSA) is 79.7 Å². The highest BCUT2D eigenvalue weighted by molar-refractivity contribution is 5.85. The van der Waals surface area contributed by atoms with Crippen LogP contribution in [0.2, 0.25) is 0 Å². The maximum Gasteiger partial charge on any atom is 0.226 e. The Labute approximate surface area is 209 Å². The van der Waals surface area contributed by atoms with Gasteiger partial charge in [0.25, 0.3) is 0 Å². The largest absolute Gasteiger partial charge is 0.496 e. The summed E-state index contributed by atoms with van der Waals surface area (Å²) < 4.78 is 25.5. The molecular weight excluding hydrogens is 456 g/mol. The summed E-state index contributed by atoms with van der Waals surface area (Å²) in [6, 6.07) is 19.7. The maximum atomic E-state index is 6.73. The number of nitrogens with one attached hydrogen (secondary N) is 1. The Kier molecular flexibility index (Phi) is 5.29. The van der Waals surface area contributed by atoms with E-state index in [1.54, 1.807) is 27.7 Å². The summed E-state index contributed by atoms with van der Waals surface area (Å²) >= 11 is 0. The molecule has 3 aromatic carbocycles. The molecule has 0 radical (unpaired) electrons. The molecular formula is C28H26N4O4. The fourth-order valence-electron chi connectivity index (χ4n) is 5.07. The Hall–Kier alpha value is -4.46. The lowest BCUT2D eigenvalue weighted by atomic mass is 9.84. The quantitative estimate of drug-likeness (QED) is 0.420. The molecule has 36 heavy (non-hydrogen) atoms. The summed E-state index contributed by atoms with van der Waals surface area (Å²) in [5, 5.41) is 8.14. The third kappa shape index (κ3) is 3.37. The monoisotopic (exact) mass is 482 g/mol. The van der Waals surface area contributed by atoms with Crippen LogP contribution in [0.1, 0.15) is 34.4 Å². The van der Waals surface area contributed by atoms with Crippen molar-refractivity contribution in [3.05, 3.63) is 94.8 Å². The number of benzene rings is 3. The fourth-order valence-corrected chi connectivity index (χ4v) is 5.07. The van der Waals surface area contributed by atoms with Gasteiger partial charge >= 0.3 is 0 Å². The van der Waals surface area contributed by atoms with E-state index in [-0.39, 0.29) is 6.04 Å². The number of aromatic nitrogens is 3. The molecule has 8 nitrogen and oxygen atoms in total. The Morgan fingerprint density at radius 1 is 0.889 bits per heavy atom. The molecule has 0 spiro atoms. The number of hydrogen-bond donors (Lipinski definition) is 1. The summed E-state index contributed by atoms with van der Waals surface area (Å²) in [5.41, 5.74) is 5.97. The first kappa shape index (κ1) is 22.0. The standard InChI is InChI=1S/C28H26N4O4/c1-16-9-11-21-19(13-16)25-24(27(36-21)18-7-5-6-8-20(18)33-2)26(32-28(31-25)29-15-30-32)17-10-12-22(34-3)23(14-17)35-4/h5-15,26-27H,1-4H3,(H,29,30,31)/t26-,27-/m1/s1. The van der Waals surface area contributed by atoms with Crippen LogP contribution in [0.25, 0.3) is 5.70 Å². The second-order valence-electron chi connectivity index (χ2n) is 8.74. The molecule has 2 aliphatic heterocycles. The van der Waals surface area contributed by atoms with Crippen LogP contribution >= 0.6 is 0 Å². The number of fused-ring (bicyclic) bond motifs is 3. The molecule has 1 N–H and O–H groups in total. The van der Waals surface area contributed by atoms with Gasteiger partial charge in [-0.25, -0.2) is 4.68 Å². The van der Waals surface area contributed by atoms with Gasteiger partial charge in [-0.15, -0.1) is 0 Å². The third-order valence-electron chi connectivity index (χ3n) is 6.71. The first-order valence-electron chi connectivity index (χ1n) is 11.7. The molecule has 0 bridgehead atoms. The molecule has 6 rings (SSSR count). The van der Waals surface area contributed by atoms with E-state index < -0.39 is 6.10 Å². The average molecular weight is 483 g/mol. The van der Waals surface area contributed by atoms with Crippen molar-refractivity contribution in [2.75, 3.05) is 26.6 Å². The minimum absolute atomic E-state index is 0.317. The summed E-state index contributed by atoms with van der Waals surface area (Å²) in [7, 11) is 4.94. The second kappa shape index (κ2) is 8.64. The Morgan fingerprint density at radius 2 is 1.69 bits per heavy atom. The van der Waals surface area contributed by atoms with Crippen LogP contribution in [0.3, 0.4) is 0 Å². The number of nitrogens with zero attached hydrogens (tertiary/aromatic N) is 3. The van der Waals surface area contributed by atoms with Crippen molar-refractivity contribution >= 4 is 11.6 Å². The summed E-state index contributed by atoms with van der Waals surface area (Å²) in [4.78, 5) is 4.51. The zero-order valence-corrected chi connectivity index (χ0v) is 20.5. The van der Waals surface area contributed by atoms with E-state index in [2.05, 4.69) is 34.5 Å². The molecule has 1 aromatic heterocycles. The first-order chi connectivity index (χ1) is 17.6. The molecule has 8 heteroatoms. The number of aryl methyl sites for hydroxylation is 1. The predicted molar refractivity (Wildman–Crippen MR) is 136 cm³/mol. The highest BCUT2D eigenvalue weighted by atomic mass is 16.5. The number of anilines is 1. The first-order valence-corrected chi connectivity index (χ1v) is 11.7. The van der Waals surface area contributed by atoms with Crippen LogP contribution in [0.15, 0.2) is 72.6 Å². The highest BCUT2D eigenvalue weighted by Crippen LogP contribution is 2.52. The number of methoxy groups -OCH3 is 3.